The van der Waals surface area contributed by atoms with Crippen molar-refractivity contribution in [3.05, 3.63) is 0 Å². The fraction of sp³-hybridized carbons (Fsp3) is 0.889. The van der Waals surface area contributed by atoms with E-state index in [2.05, 4.69) is 18.6 Å². The highest BCUT2D eigenvalue weighted by molar-refractivity contribution is 5.70. The van der Waals surface area contributed by atoms with Gasteiger partial charge in [-0.3, -0.25) is 4.79 Å². The van der Waals surface area contributed by atoms with Gasteiger partial charge in [0.05, 0.1) is 13.5 Å². The highest BCUT2D eigenvalue weighted by Gasteiger charge is 2.49. The van der Waals surface area contributed by atoms with Gasteiger partial charge in [0.1, 0.15) is 0 Å². The van der Waals surface area contributed by atoms with E-state index >= 15 is 0 Å². The molecule has 0 aromatic heterocycles. The topological polar surface area (TPSA) is 52.3 Å². The second kappa shape index (κ2) is 3.05. The monoisotopic (exact) mass is 171 g/mol. The van der Waals surface area contributed by atoms with E-state index in [0.717, 1.165) is 6.42 Å². The molecule has 0 bridgehead atoms. The Hall–Kier alpha value is -0.570. The van der Waals surface area contributed by atoms with Gasteiger partial charge in [0.25, 0.3) is 0 Å². The molecule has 3 nitrogen and oxygen atoms in total. The zero-order valence-electron chi connectivity index (χ0n) is 7.96. The van der Waals surface area contributed by atoms with Crippen molar-refractivity contribution in [1.82, 2.24) is 0 Å². The van der Waals surface area contributed by atoms with Gasteiger partial charge in [-0.05, 0) is 17.8 Å². The second-order valence-corrected chi connectivity index (χ2v) is 4.24. The van der Waals surface area contributed by atoms with Crippen LogP contribution in [0.1, 0.15) is 26.7 Å². The summed E-state index contributed by atoms with van der Waals surface area (Å²) < 4.78 is 4.55. The highest BCUT2D eigenvalue weighted by Crippen LogP contribution is 2.53. The number of hydrogen-bond donors (Lipinski definition) is 1. The molecule has 0 saturated heterocycles. The maximum absolute atomic E-state index is 10.9. The minimum atomic E-state index is -0.204. The SMILES string of the molecule is COC(=O)C[C@H](N)C1CC1(C)C. The van der Waals surface area contributed by atoms with Crippen LogP contribution in [0, 0.1) is 11.3 Å². The van der Waals surface area contributed by atoms with Gasteiger partial charge >= 0.3 is 5.97 Å². The molecule has 2 N–H and O–H groups in total. The van der Waals surface area contributed by atoms with Crippen molar-refractivity contribution in [2.75, 3.05) is 7.11 Å². The van der Waals surface area contributed by atoms with Gasteiger partial charge in [0, 0.05) is 6.04 Å². The van der Waals surface area contributed by atoms with Crippen LogP contribution in [0.3, 0.4) is 0 Å². The molecule has 0 spiro atoms. The lowest BCUT2D eigenvalue weighted by Crippen LogP contribution is -2.28. The predicted molar refractivity (Wildman–Crippen MR) is 46.5 cm³/mol. The van der Waals surface area contributed by atoms with Crippen LogP contribution >= 0.6 is 0 Å². The Kier molecular flexibility index (Phi) is 2.42. The first-order chi connectivity index (χ1) is 5.47. The molecule has 70 valence electrons. The summed E-state index contributed by atoms with van der Waals surface area (Å²) in [4.78, 5) is 10.9. The summed E-state index contributed by atoms with van der Waals surface area (Å²) >= 11 is 0. The Balaban J connectivity index is 2.31. The fourth-order valence-corrected chi connectivity index (χ4v) is 1.66. The first-order valence-electron chi connectivity index (χ1n) is 4.30. The maximum atomic E-state index is 10.9. The minimum Gasteiger partial charge on any atom is -0.469 e. The van der Waals surface area contributed by atoms with Crippen molar-refractivity contribution in [2.45, 2.75) is 32.7 Å². The Morgan fingerprint density at radius 2 is 2.25 bits per heavy atom. The summed E-state index contributed by atoms with van der Waals surface area (Å²) in [6, 6.07) is -0.0209. The lowest BCUT2D eigenvalue weighted by atomic mass is 10.0. The molecule has 1 unspecified atom stereocenters. The standard InChI is InChI=1S/C9H17NO2/c1-9(2)5-6(9)7(10)4-8(11)12-3/h6-7H,4-5,10H2,1-3H3/t6?,7-/m0/s1. The first kappa shape index (κ1) is 9.52. The largest absolute Gasteiger partial charge is 0.469 e. The van der Waals surface area contributed by atoms with Gasteiger partial charge in [0.15, 0.2) is 0 Å². The number of methoxy groups -OCH3 is 1. The lowest BCUT2D eigenvalue weighted by Gasteiger charge is -2.11. The molecule has 1 aliphatic carbocycles. The molecular weight excluding hydrogens is 154 g/mol. The van der Waals surface area contributed by atoms with Crippen LogP contribution in [-0.2, 0) is 9.53 Å². The Labute approximate surface area is 73.3 Å². The van der Waals surface area contributed by atoms with Crippen molar-refractivity contribution in [1.29, 1.82) is 0 Å². The van der Waals surface area contributed by atoms with Gasteiger partial charge in [-0.15, -0.1) is 0 Å². The zero-order chi connectivity index (χ0) is 9.35. The number of carbonyl (C=O) groups excluding carboxylic acids is 1. The van der Waals surface area contributed by atoms with Gasteiger partial charge < -0.3 is 10.5 Å². The first-order valence-corrected chi connectivity index (χ1v) is 4.30. The third-order valence-corrected chi connectivity index (χ3v) is 2.74. The predicted octanol–water partition coefficient (Wildman–Crippen LogP) is 0.923. The summed E-state index contributed by atoms with van der Waals surface area (Å²) in [6.45, 7) is 4.35. The van der Waals surface area contributed by atoms with E-state index in [-0.39, 0.29) is 12.0 Å². The number of ether oxygens (including phenoxy) is 1. The summed E-state index contributed by atoms with van der Waals surface area (Å²) in [5.41, 5.74) is 6.17. The van der Waals surface area contributed by atoms with Crippen LogP contribution in [0.4, 0.5) is 0 Å². The van der Waals surface area contributed by atoms with Crippen molar-refractivity contribution in [2.24, 2.45) is 17.1 Å². The van der Waals surface area contributed by atoms with E-state index in [0.29, 0.717) is 17.8 Å². The Morgan fingerprint density at radius 1 is 1.75 bits per heavy atom. The van der Waals surface area contributed by atoms with E-state index in [1.807, 2.05) is 0 Å². The van der Waals surface area contributed by atoms with Crippen molar-refractivity contribution in [3.8, 4) is 0 Å². The molecule has 1 fully saturated rings. The molecule has 12 heavy (non-hydrogen) atoms. The molecule has 2 atom stereocenters. The van der Waals surface area contributed by atoms with Crippen LogP contribution < -0.4 is 5.73 Å². The van der Waals surface area contributed by atoms with Crippen molar-refractivity contribution >= 4 is 5.97 Å². The van der Waals surface area contributed by atoms with Crippen LogP contribution in [-0.4, -0.2) is 19.1 Å². The van der Waals surface area contributed by atoms with Gasteiger partial charge in [0.2, 0.25) is 0 Å². The van der Waals surface area contributed by atoms with Crippen LogP contribution in [0.15, 0.2) is 0 Å². The second-order valence-electron chi connectivity index (χ2n) is 4.24. The molecule has 0 aromatic carbocycles. The molecule has 1 rings (SSSR count). The molecule has 0 aliphatic heterocycles. The summed E-state index contributed by atoms with van der Waals surface area (Å²) in [5, 5.41) is 0. The number of hydrogen-bond acceptors (Lipinski definition) is 3. The summed E-state index contributed by atoms with van der Waals surface area (Å²) in [5.74, 6) is 0.293. The lowest BCUT2D eigenvalue weighted by molar-refractivity contribution is -0.141. The van der Waals surface area contributed by atoms with E-state index in [1.165, 1.54) is 7.11 Å². The average Bonchev–Trinajstić information content (AvgIpc) is 2.59. The van der Waals surface area contributed by atoms with E-state index in [1.54, 1.807) is 0 Å². The molecule has 0 amide bonds. The van der Waals surface area contributed by atoms with Crippen LogP contribution in [0.25, 0.3) is 0 Å². The summed E-state index contributed by atoms with van der Waals surface area (Å²) in [7, 11) is 1.40. The highest BCUT2D eigenvalue weighted by atomic mass is 16.5. The third-order valence-electron chi connectivity index (χ3n) is 2.74. The molecule has 3 heteroatoms. The molecule has 0 heterocycles. The number of nitrogens with two attached hydrogens (primary N) is 1. The van der Waals surface area contributed by atoms with Gasteiger partial charge in [-0.2, -0.15) is 0 Å². The molecule has 1 saturated carbocycles. The summed E-state index contributed by atoms with van der Waals surface area (Å²) in [6.07, 6.45) is 1.48. The number of rotatable bonds is 3. The van der Waals surface area contributed by atoms with Crippen LogP contribution in [0.2, 0.25) is 0 Å². The Bertz CT molecular complexity index is 189. The minimum absolute atomic E-state index is 0.0209. The fourth-order valence-electron chi connectivity index (χ4n) is 1.66. The van der Waals surface area contributed by atoms with E-state index < -0.39 is 0 Å². The van der Waals surface area contributed by atoms with Crippen molar-refractivity contribution < 1.29 is 9.53 Å². The Morgan fingerprint density at radius 3 is 2.58 bits per heavy atom. The normalized spacial score (nSPS) is 27.8. The molecule has 0 radical (unpaired) electrons. The smallest absolute Gasteiger partial charge is 0.307 e. The van der Waals surface area contributed by atoms with Gasteiger partial charge in [-0.25, -0.2) is 0 Å². The zero-order valence-corrected chi connectivity index (χ0v) is 7.96. The van der Waals surface area contributed by atoms with E-state index in [9.17, 15) is 4.79 Å². The number of carbonyl (C=O) groups is 1. The van der Waals surface area contributed by atoms with Gasteiger partial charge in [-0.1, -0.05) is 13.8 Å². The van der Waals surface area contributed by atoms with Crippen LogP contribution in [0.5, 0.6) is 0 Å². The molecule has 0 aromatic rings. The maximum Gasteiger partial charge on any atom is 0.307 e. The molecular formula is C9H17NO2. The molecule has 1 aliphatic rings. The quantitative estimate of drug-likeness (QED) is 0.642. The number of esters is 1. The third kappa shape index (κ3) is 1.97. The van der Waals surface area contributed by atoms with Crippen molar-refractivity contribution in [3.63, 3.8) is 0 Å². The van der Waals surface area contributed by atoms with E-state index in [4.69, 9.17) is 5.73 Å². The average molecular weight is 171 g/mol.